The highest BCUT2D eigenvalue weighted by atomic mass is 15.8. The lowest BCUT2D eigenvalue weighted by molar-refractivity contribution is 0.577. The lowest BCUT2D eigenvalue weighted by atomic mass is 9.96. The van der Waals surface area contributed by atoms with E-state index < -0.39 is 0 Å². The number of nitrogens with one attached hydrogen (secondary N) is 3. The minimum absolute atomic E-state index is 0.665. The third-order valence-corrected chi connectivity index (χ3v) is 6.37. The number of benzene rings is 2. The molecule has 0 fully saturated rings. The molecule has 9 heteroatoms. The molecular formula is C26H31N9. The molecule has 1 aliphatic rings. The van der Waals surface area contributed by atoms with Crippen LogP contribution < -0.4 is 21.4 Å². The largest absolute Gasteiger partial charge is 0.357 e. The van der Waals surface area contributed by atoms with Gasteiger partial charge in [-0.1, -0.05) is 61.9 Å². The zero-order valence-corrected chi connectivity index (χ0v) is 20.4. The first-order valence-electron chi connectivity index (χ1n) is 12.2. The van der Waals surface area contributed by atoms with E-state index in [0.717, 1.165) is 66.4 Å². The zero-order chi connectivity index (χ0) is 24.2. The minimum atomic E-state index is 0.665. The molecule has 4 aromatic rings. The van der Waals surface area contributed by atoms with Crippen LogP contribution in [0.2, 0.25) is 0 Å². The maximum absolute atomic E-state index is 4.88. The molecule has 0 aliphatic carbocycles. The highest BCUT2D eigenvalue weighted by molar-refractivity contribution is 6.04. The van der Waals surface area contributed by atoms with Crippen LogP contribution in [0.3, 0.4) is 0 Å². The van der Waals surface area contributed by atoms with Crippen molar-refractivity contribution in [3.63, 3.8) is 0 Å². The molecule has 180 valence electrons. The van der Waals surface area contributed by atoms with Crippen molar-refractivity contribution in [2.75, 3.05) is 18.0 Å². The fourth-order valence-electron chi connectivity index (χ4n) is 4.65. The van der Waals surface area contributed by atoms with Gasteiger partial charge < -0.3 is 4.90 Å². The molecule has 0 amide bonds. The third-order valence-electron chi connectivity index (χ3n) is 6.37. The van der Waals surface area contributed by atoms with Crippen molar-refractivity contribution in [1.29, 1.82) is 0 Å². The van der Waals surface area contributed by atoms with E-state index in [1.54, 1.807) is 6.33 Å². The summed E-state index contributed by atoms with van der Waals surface area (Å²) in [4.78, 5) is 11.6. The summed E-state index contributed by atoms with van der Waals surface area (Å²) in [6.07, 6.45) is 4.32. The average molecular weight is 470 g/mol. The van der Waals surface area contributed by atoms with E-state index in [2.05, 4.69) is 99.8 Å². The first kappa shape index (κ1) is 22.8. The number of hydrogen-bond donors (Lipinski definition) is 3. The number of anilines is 1. The van der Waals surface area contributed by atoms with Gasteiger partial charge in [-0.15, -0.1) is 10.6 Å². The molecule has 2 aromatic carbocycles. The number of hydrogen-bond acceptors (Lipinski definition) is 8. The SMILES string of the molecule is CCCc1nc2ncnn2c(N(CC)CC)c1Cc1ccc(-c2ccccc2C2=NNNN2)cc1. The Labute approximate surface area is 205 Å². The summed E-state index contributed by atoms with van der Waals surface area (Å²) in [7, 11) is 0. The second-order valence-electron chi connectivity index (χ2n) is 8.50. The quantitative estimate of drug-likeness (QED) is 0.346. The van der Waals surface area contributed by atoms with Crippen molar-refractivity contribution in [2.45, 2.75) is 40.0 Å². The van der Waals surface area contributed by atoms with Gasteiger partial charge in [0.2, 0.25) is 0 Å². The highest BCUT2D eigenvalue weighted by Gasteiger charge is 2.21. The van der Waals surface area contributed by atoms with Gasteiger partial charge in [-0.3, -0.25) is 5.43 Å². The Morgan fingerprint density at radius 2 is 1.71 bits per heavy atom. The second-order valence-corrected chi connectivity index (χ2v) is 8.50. The van der Waals surface area contributed by atoms with Gasteiger partial charge in [-0.05, 0) is 37.0 Å². The first-order chi connectivity index (χ1) is 17.2. The standard InChI is InChI=1S/C26H31N9/c1-4-9-23-22(25(34(5-2)6-3)35-26(29-23)27-17-28-35)16-18-12-14-19(15-13-18)20-10-7-8-11-21(20)24-30-32-33-31-24/h7-8,10-15,17,32-33H,4-6,9,16H2,1-3H3,(H,30,31). The molecule has 3 heterocycles. The zero-order valence-electron chi connectivity index (χ0n) is 20.4. The number of hydrazine groups is 2. The number of aromatic nitrogens is 4. The monoisotopic (exact) mass is 469 g/mol. The molecule has 2 aromatic heterocycles. The van der Waals surface area contributed by atoms with Gasteiger partial charge in [-0.25, -0.2) is 10.5 Å². The highest BCUT2D eigenvalue weighted by Crippen LogP contribution is 2.29. The summed E-state index contributed by atoms with van der Waals surface area (Å²) < 4.78 is 1.89. The number of amidine groups is 1. The smallest absolute Gasteiger partial charge is 0.254 e. The summed E-state index contributed by atoms with van der Waals surface area (Å²) in [5, 5.41) is 8.79. The summed E-state index contributed by atoms with van der Waals surface area (Å²) in [5.74, 6) is 2.53. The average Bonchev–Trinajstić information content (AvgIpc) is 3.59. The van der Waals surface area contributed by atoms with Gasteiger partial charge in [0.15, 0.2) is 5.84 Å². The van der Waals surface area contributed by atoms with Crippen LogP contribution in [0.5, 0.6) is 0 Å². The second kappa shape index (κ2) is 10.1. The molecule has 9 nitrogen and oxygen atoms in total. The van der Waals surface area contributed by atoms with E-state index in [9.17, 15) is 0 Å². The van der Waals surface area contributed by atoms with Gasteiger partial charge in [-0.2, -0.15) is 14.6 Å². The van der Waals surface area contributed by atoms with Crippen LogP contribution in [0.4, 0.5) is 5.82 Å². The van der Waals surface area contributed by atoms with Gasteiger partial charge in [0, 0.05) is 30.6 Å². The molecule has 0 spiro atoms. The number of rotatable bonds is 9. The van der Waals surface area contributed by atoms with Crippen molar-refractivity contribution < 1.29 is 0 Å². The van der Waals surface area contributed by atoms with Gasteiger partial charge in [0.1, 0.15) is 12.1 Å². The Balaban J connectivity index is 1.53. The maximum atomic E-state index is 4.88. The predicted octanol–water partition coefficient (Wildman–Crippen LogP) is 3.45. The third kappa shape index (κ3) is 4.42. The predicted molar refractivity (Wildman–Crippen MR) is 139 cm³/mol. The van der Waals surface area contributed by atoms with E-state index in [1.165, 1.54) is 11.1 Å². The topological polar surface area (TPSA) is 94.8 Å². The number of hydrazone groups is 1. The van der Waals surface area contributed by atoms with E-state index in [1.807, 2.05) is 10.6 Å². The summed E-state index contributed by atoms with van der Waals surface area (Å²) in [6, 6.07) is 17.0. The Hall–Kier alpha value is -3.98. The molecule has 0 saturated heterocycles. The minimum Gasteiger partial charge on any atom is -0.357 e. The first-order valence-corrected chi connectivity index (χ1v) is 12.2. The Bertz CT molecular complexity index is 1340. The summed E-state index contributed by atoms with van der Waals surface area (Å²) in [5.41, 5.74) is 15.5. The summed E-state index contributed by atoms with van der Waals surface area (Å²) >= 11 is 0. The molecule has 0 unspecified atom stereocenters. The molecule has 35 heavy (non-hydrogen) atoms. The van der Waals surface area contributed by atoms with Crippen molar-refractivity contribution in [3.8, 4) is 11.1 Å². The summed E-state index contributed by atoms with van der Waals surface area (Å²) in [6.45, 7) is 8.33. The van der Waals surface area contributed by atoms with Crippen LogP contribution in [-0.4, -0.2) is 38.5 Å². The lowest BCUT2D eigenvalue weighted by Gasteiger charge is -2.26. The molecular weight excluding hydrogens is 438 g/mol. The Morgan fingerprint density at radius 1 is 0.943 bits per heavy atom. The lowest BCUT2D eigenvalue weighted by Crippen LogP contribution is -2.35. The van der Waals surface area contributed by atoms with Gasteiger partial charge in [0.05, 0.1) is 5.69 Å². The fraction of sp³-hybridized carbons (Fsp3) is 0.308. The van der Waals surface area contributed by atoms with Crippen molar-refractivity contribution in [2.24, 2.45) is 5.10 Å². The fourth-order valence-corrected chi connectivity index (χ4v) is 4.65. The molecule has 0 radical (unpaired) electrons. The normalized spacial score (nSPS) is 12.9. The van der Waals surface area contributed by atoms with E-state index in [4.69, 9.17) is 4.98 Å². The number of aryl methyl sites for hydroxylation is 1. The van der Waals surface area contributed by atoms with Crippen LogP contribution in [-0.2, 0) is 12.8 Å². The number of fused-ring (bicyclic) bond motifs is 1. The molecule has 5 rings (SSSR count). The Kier molecular flexibility index (Phi) is 6.58. The van der Waals surface area contributed by atoms with Crippen molar-refractivity contribution in [1.82, 2.24) is 36.1 Å². The van der Waals surface area contributed by atoms with Gasteiger partial charge >= 0.3 is 0 Å². The number of nitrogens with zero attached hydrogens (tertiary/aromatic N) is 6. The van der Waals surface area contributed by atoms with E-state index >= 15 is 0 Å². The van der Waals surface area contributed by atoms with E-state index in [0.29, 0.717) is 5.78 Å². The van der Waals surface area contributed by atoms with Gasteiger partial charge in [0.25, 0.3) is 5.78 Å². The van der Waals surface area contributed by atoms with Crippen molar-refractivity contribution in [3.05, 3.63) is 77.2 Å². The van der Waals surface area contributed by atoms with Crippen LogP contribution >= 0.6 is 0 Å². The molecule has 0 saturated carbocycles. The molecule has 3 N–H and O–H groups in total. The van der Waals surface area contributed by atoms with Crippen LogP contribution in [0.1, 0.15) is 49.6 Å². The maximum Gasteiger partial charge on any atom is 0.254 e. The van der Waals surface area contributed by atoms with E-state index in [-0.39, 0.29) is 0 Å². The van der Waals surface area contributed by atoms with Crippen molar-refractivity contribution >= 4 is 17.4 Å². The van der Waals surface area contributed by atoms with Crippen LogP contribution in [0.25, 0.3) is 16.9 Å². The van der Waals surface area contributed by atoms with Crippen LogP contribution in [0, 0.1) is 0 Å². The molecule has 0 bridgehead atoms. The molecule has 1 aliphatic heterocycles. The van der Waals surface area contributed by atoms with Crippen LogP contribution in [0.15, 0.2) is 60.0 Å². The molecule has 0 atom stereocenters. The Morgan fingerprint density at radius 3 is 2.40 bits per heavy atom.